The molecular weight excluding hydrogens is 203 g/mol. The molecule has 0 saturated carbocycles. The van der Waals surface area contributed by atoms with Crippen molar-refractivity contribution in [1.82, 2.24) is 8.96 Å². The molecular formula is C9H7FN2OS. The molecule has 0 aliphatic heterocycles. The van der Waals surface area contributed by atoms with E-state index in [4.69, 9.17) is 0 Å². The van der Waals surface area contributed by atoms with Gasteiger partial charge in [0.2, 0.25) is 0 Å². The molecule has 0 fully saturated rings. The van der Waals surface area contributed by atoms with E-state index in [9.17, 15) is 8.68 Å². The predicted molar refractivity (Wildman–Crippen MR) is 53.8 cm³/mol. The minimum atomic E-state index is -0.173. The maximum Gasteiger partial charge on any atom is 0.177 e. The molecule has 2 aromatic heterocycles. The van der Waals surface area contributed by atoms with E-state index in [1.807, 2.05) is 0 Å². The first-order chi connectivity index (χ1) is 6.74. The molecule has 0 aromatic carbocycles. The Labute approximate surface area is 84.4 Å². The monoisotopic (exact) mass is 210 g/mol. The quantitative estimate of drug-likeness (QED) is 0.714. The molecule has 0 bridgehead atoms. The molecule has 2 aromatic rings. The first-order valence-electron chi connectivity index (χ1n) is 4.00. The van der Waals surface area contributed by atoms with Gasteiger partial charge in [0, 0.05) is 13.1 Å². The first-order valence-corrected chi connectivity index (χ1v) is 4.68. The lowest BCUT2D eigenvalue weighted by atomic mass is 10.3. The number of Topliss-reactive ketones (excluding diaryl/α,β-unsaturated/α-hetero) is 1. The number of hydrogen-bond donors (Lipinski definition) is 0. The Kier molecular flexibility index (Phi) is 2.25. The molecule has 0 unspecified atom stereocenters. The summed E-state index contributed by atoms with van der Waals surface area (Å²) < 4.78 is 13.8. The van der Waals surface area contributed by atoms with Crippen LogP contribution in [0.25, 0.3) is 11.0 Å². The molecule has 0 aliphatic rings. The molecule has 0 spiro atoms. The van der Waals surface area contributed by atoms with Gasteiger partial charge in [0.1, 0.15) is 0 Å². The van der Waals surface area contributed by atoms with Gasteiger partial charge < -0.3 is 0 Å². The number of hydrogen-bond acceptors (Lipinski definition) is 3. The van der Waals surface area contributed by atoms with Gasteiger partial charge in [-0.1, -0.05) is 0 Å². The van der Waals surface area contributed by atoms with Crippen LogP contribution in [0.2, 0.25) is 0 Å². The highest BCUT2D eigenvalue weighted by molar-refractivity contribution is 7.93. The van der Waals surface area contributed by atoms with Gasteiger partial charge in [0.25, 0.3) is 0 Å². The van der Waals surface area contributed by atoms with Crippen molar-refractivity contribution in [3.05, 3.63) is 30.1 Å². The van der Waals surface area contributed by atoms with E-state index in [2.05, 4.69) is 4.98 Å². The number of halogens is 1. The third kappa shape index (κ3) is 1.29. The van der Waals surface area contributed by atoms with Crippen LogP contribution >= 0.6 is 12.3 Å². The number of ketones is 1. The average molecular weight is 210 g/mol. The second-order valence-electron chi connectivity index (χ2n) is 2.86. The van der Waals surface area contributed by atoms with E-state index in [1.165, 1.54) is 10.9 Å². The predicted octanol–water partition coefficient (Wildman–Crippen LogP) is 2.62. The second kappa shape index (κ2) is 3.42. The Balaban J connectivity index is 2.78. The van der Waals surface area contributed by atoms with Crippen LogP contribution in [0.3, 0.4) is 0 Å². The van der Waals surface area contributed by atoms with Crippen molar-refractivity contribution in [2.75, 3.05) is 0 Å². The summed E-state index contributed by atoms with van der Waals surface area (Å²) in [6.07, 6.45) is 1.61. The number of fused-ring (bicyclic) bond motifs is 1. The molecule has 14 heavy (non-hydrogen) atoms. The highest BCUT2D eigenvalue weighted by Gasteiger charge is 2.13. The lowest BCUT2D eigenvalue weighted by Gasteiger charge is -1.98. The highest BCUT2D eigenvalue weighted by Crippen LogP contribution is 2.24. The molecule has 5 heteroatoms. The van der Waals surface area contributed by atoms with Gasteiger partial charge in [-0.05, 0) is 18.2 Å². The maximum atomic E-state index is 12.6. The van der Waals surface area contributed by atoms with Crippen molar-refractivity contribution in [2.45, 2.75) is 6.92 Å². The van der Waals surface area contributed by atoms with E-state index in [0.717, 1.165) is 0 Å². The van der Waals surface area contributed by atoms with Gasteiger partial charge in [-0.2, -0.15) is 0 Å². The Morgan fingerprint density at radius 1 is 1.64 bits per heavy atom. The number of nitrogens with zero attached hydrogens (tertiary/aromatic N) is 2. The fourth-order valence-corrected chi connectivity index (χ4v) is 1.81. The van der Waals surface area contributed by atoms with Gasteiger partial charge in [0.05, 0.1) is 16.7 Å². The molecule has 0 amide bonds. The molecule has 2 heterocycles. The zero-order chi connectivity index (χ0) is 10.1. The van der Waals surface area contributed by atoms with Gasteiger partial charge in [0.15, 0.2) is 18.1 Å². The van der Waals surface area contributed by atoms with E-state index in [0.29, 0.717) is 16.7 Å². The number of pyridine rings is 1. The largest absolute Gasteiger partial charge is 0.293 e. The molecule has 0 radical (unpaired) electrons. The number of aromatic nitrogens is 2. The van der Waals surface area contributed by atoms with Gasteiger partial charge in [-0.3, -0.25) is 13.8 Å². The summed E-state index contributed by atoms with van der Waals surface area (Å²) in [5.74, 6) is -0.173. The summed E-state index contributed by atoms with van der Waals surface area (Å²) in [6.45, 7) is 1.40. The fraction of sp³-hybridized carbons (Fsp3) is 0.111. The molecule has 0 N–H and O–H groups in total. The zero-order valence-electron chi connectivity index (χ0n) is 7.40. The Hall–Kier alpha value is -1.36. The highest BCUT2D eigenvalue weighted by atomic mass is 32.2. The van der Waals surface area contributed by atoms with Crippen molar-refractivity contribution in [2.24, 2.45) is 0 Å². The first kappa shape index (κ1) is 9.21. The van der Waals surface area contributed by atoms with E-state index < -0.39 is 0 Å². The van der Waals surface area contributed by atoms with Crippen LogP contribution in [0, 0.1) is 0 Å². The third-order valence-electron chi connectivity index (χ3n) is 1.96. The van der Waals surface area contributed by atoms with Crippen LogP contribution in [0.1, 0.15) is 17.4 Å². The summed E-state index contributed by atoms with van der Waals surface area (Å²) in [5.41, 5.74) is 1.57. The molecule has 0 aliphatic carbocycles. The van der Waals surface area contributed by atoms with Crippen molar-refractivity contribution in [3.8, 4) is 0 Å². The number of rotatable bonds is 2. The maximum absolute atomic E-state index is 12.6. The Morgan fingerprint density at radius 2 is 2.43 bits per heavy atom. The van der Waals surface area contributed by atoms with Crippen LogP contribution in [-0.2, 0) is 0 Å². The number of carbonyl (C=O) groups excluding carboxylic acids is 1. The standard InChI is InChI=1S/C9H7FN2OS/c1-6(13)9-5-7-8(12(9)14-10)3-2-4-11-7/h2-5H,1H3. The summed E-state index contributed by atoms with van der Waals surface area (Å²) >= 11 is 0.0157. The van der Waals surface area contributed by atoms with Gasteiger partial charge >= 0.3 is 0 Å². The van der Waals surface area contributed by atoms with E-state index in [-0.39, 0.29) is 18.1 Å². The summed E-state index contributed by atoms with van der Waals surface area (Å²) in [6, 6.07) is 5.02. The molecule has 0 atom stereocenters. The Bertz CT molecular complexity index is 495. The minimum absolute atomic E-state index is 0.0157. The van der Waals surface area contributed by atoms with Gasteiger partial charge in [-0.15, -0.1) is 3.89 Å². The van der Waals surface area contributed by atoms with E-state index in [1.54, 1.807) is 24.4 Å². The summed E-state index contributed by atoms with van der Waals surface area (Å²) in [4.78, 5) is 15.2. The minimum Gasteiger partial charge on any atom is -0.293 e. The zero-order valence-corrected chi connectivity index (χ0v) is 8.21. The molecule has 3 nitrogen and oxygen atoms in total. The molecule has 72 valence electrons. The lowest BCUT2D eigenvalue weighted by Crippen LogP contribution is -1.98. The third-order valence-corrected chi connectivity index (χ3v) is 2.49. The van der Waals surface area contributed by atoms with Crippen molar-refractivity contribution in [1.29, 1.82) is 0 Å². The normalized spacial score (nSPS) is 10.7. The Morgan fingerprint density at radius 3 is 3.07 bits per heavy atom. The van der Waals surface area contributed by atoms with Crippen LogP contribution in [0.4, 0.5) is 3.89 Å². The topological polar surface area (TPSA) is 34.9 Å². The lowest BCUT2D eigenvalue weighted by molar-refractivity contribution is 0.101. The van der Waals surface area contributed by atoms with E-state index >= 15 is 0 Å². The van der Waals surface area contributed by atoms with Gasteiger partial charge in [-0.25, -0.2) is 0 Å². The number of carbonyl (C=O) groups is 1. The molecule has 0 saturated heterocycles. The van der Waals surface area contributed by atoms with Crippen molar-refractivity contribution < 1.29 is 8.68 Å². The second-order valence-corrected chi connectivity index (χ2v) is 3.36. The average Bonchev–Trinajstić information content (AvgIpc) is 2.56. The summed E-state index contributed by atoms with van der Waals surface area (Å²) in [5, 5.41) is 0. The SMILES string of the molecule is CC(=O)c1cc2ncccc2n1SF. The smallest absolute Gasteiger partial charge is 0.177 e. The molecule has 2 rings (SSSR count). The van der Waals surface area contributed by atoms with Crippen molar-refractivity contribution >= 4 is 29.2 Å². The van der Waals surface area contributed by atoms with Crippen LogP contribution in [-0.4, -0.2) is 14.7 Å². The van der Waals surface area contributed by atoms with Crippen LogP contribution in [0.15, 0.2) is 24.4 Å². The van der Waals surface area contributed by atoms with Crippen molar-refractivity contribution in [3.63, 3.8) is 0 Å². The fourth-order valence-electron chi connectivity index (χ4n) is 1.33. The van der Waals surface area contributed by atoms with Crippen LogP contribution in [0.5, 0.6) is 0 Å². The summed E-state index contributed by atoms with van der Waals surface area (Å²) in [7, 11) is 0. The van der Waals surface area contributed by atoms with Crippen LogP contribution < -0.4 is 0 Å².